The molecular weight excluding hydrogens is 281 g/mol. The summed E-state index contributed by atoms with van der Waals surface area (Å²) in [5.41, 5.74) is 0. The lowest BCUT2D eigenvalue weighted by Gasteiger charge is -2.07. The Labute approximate surface area is 111 Å². The quantitative estimate of drug-likeness (QED) is 0.785. The highest BCUT2D eigenvalue weighted by molar-refractivity contribution is 7.89. The van der Waals surface area contributed by atoms with E-state index in [2.05, 4.69) is 4.72 Å². The van der Waals surface area contributed by atoms with Gasteiger partial charge in [0.05, 0.1) is 0 Å². The van der Waals surface area contributed by atoms with Crippen LogP contribution in [0.2, 0.25) is 5.02 Å². The number of hydrogen-bond donors (Lipinski definition) is 1. The Morgan fingerprint density at radius 3 is 2.72 bits per heavy atom. The van der Waals surface area contributed by atoms with E-state index in [1.165, 1.54) is 6.07 Å². The third-order valence-corrected chi connectivity index (χ3v) is 3.98. The average Bonchev–Trinajstić information content (AvgIpc) is 2.28. The first-order valence-electron chi connectivity index (χ1n) is 5.41. The standard InChI is InChI=1S/C11H15ClFNO3S/c1-17-7-3-2-6-14-18(15,16)11-5-4-9(12)8-10(11)13/h4-5,8,14H,2-3,6-7H2,1H3. The molecule has 0 aliphatic rings. The molecule has 1 aromatic rings. The fourth-order valence-corrected chi connectivity index (χ4v) is 2.64. The molecule has 1 rings (SSSR count). The molecule has 1 aromatic carbocycles. The van der Waals surface area contributed by atoms with Gasteiger partial charge in [-0.1, -0.05) is 11.6 Å². The molecule has 0 aliphatic heterocycles. The van der Waals surface area contributed by atoms with Gasteiger partial charge in [0.25, 0.3) is 0 Å². The number of nitrogens with one attached hydrogen (secondary N) is 1. The smallest absolute Gasteiger partial charge is 0.243 e. The first-order valence-corrected chi connectivity index (χ1v) is 7.27. The third kappa shape index (κ3) is 4.53. The number of hydrogen-bond acceptors (Lipinski definition) is 3. The van der Waals surface area contributed by atoms with Gasteiger partial charge in [-0.05, 0) is 31.0 Å². The normalized spacial score (nSPS) is 11.7. The maximum absolute atomic E-state index is 13.5. The van der Waals surface area contributed by atoms with E-state index in [0.717, 1.165) is 18.6 Å². The minimum Gasteiger partial charge on any atom is -0.385 e. The molecule has 0 spiro atoms. The van der Waals surface area contributed by atoms with Gasteiger partial charge in [-0.25, -0.2) is 17.5 Å². The van der Waals surface area contributed by atoms with Crippen LogP contribution in [0.4, 0.5) is 4.39 Å². The summed E-state index contributed by atoms with van der Waals surface area (Å²) < 4.78 is 44.2. The Morgan fingerprint density at radius 1 is 1.39 bits per heavy atom. The van der Waals surface area contributed by atoms with Crippen LogP contribution in [0.3, 0.4) is 0 Å². The predicted octanol–water partition coefficient (Wildman–Crippen LogP) is 2.18. The number of rotatable bonds is 7. The molecular formula is C11H15ClFNO3S. The largest absolute Gasteiger partial charge is 0.385 e. The van der Waals surface area contributed by atoms with Gasteiger partial charge in [0, 0.05) is 25.3 Å². The van der Waals surface area contributed by atoms with E-state index in [0.29, 0.717) is 13.0 Å². The molecule has 0 aromatic heterocycles. The SMILES string of the molecule is COCCCCNS(=O)(=O)c1ccc(Cl)cc1F. The summed E-state index contributed by atoms with van der Waals surface area (Å²) in [6.07, 6.45) is 1.37. The second-order valence-electron chi connectivity index (χ2n) is 3.67. The molecule has 0 saturated heterocycles. The van der Waals surface area contributed by atoms with Crippen LogP contribution in [0.1, 0.15) is 12.8 Å². The van der Waals surface area contributed by atoms with Crippen molar-refractivity contribution >= 4 is 21.6 Å². The van der Waals surface area contributed by atoms with Crippen molar-refractivity contribution in [2.75, 3.05) is 20.3 Å². The molecule has 0 unspecified atom stereocenters. The Morgan fingerprint density at radius 2 is 2.11 bits per heavy atom. The van der Waals surface area contributed by atoms with Crippen LogP contribution in [0, 0.1) is 5.82 Å². The van der Waals surface area contributed by atoms with Gasteiger partial charge in [-0.2, -0.15) is 0 Å². The first-order chi connectivity index (χ1) is 8.47. The van der Waals surface area contributed by atoms with Gasteiger partial charge < -0.3 is 4.74 Å². The second kappa shape index (κ2) is 7.04. The maximum atomic E-state index is 13.5. The second-order valence-corrected chi connectivity index (χ2v) is 5.84. The Kier molecular flexibility index (Phi) is 6.01. The lowest BCUT2D eigenvalue weighted by Crippen LogP contribution is -2.25. The number of sulfonamides is 1. The van der Waals surface area contributed by atoms with Crippen LogP contribution >= 0.6 is 11.6 Å². The van der Waals surface area contributed by atoms with Gasteiger partial charge in [-0.15, -0.1) is 0 Å². The summed E-state index contributed by atoms with van der Waals surface area (Å²) in [5, 5.41) is 0.159. The Bertz CT molecular complexity index is 493. The number of ether oxygens (including phenoxy) is 1. The average molecular weight is 296 g/mol. The van der Waals surface area contributed by atoms with E-state index in [1.54, 1.807) is 7.11 Å². The molecule has 0 fully saturated rings. The predicted molar refractivity (Wildman–Crippen MR) is 67.7 cm³/mol. The van der Waals surface area contributed by atoms with Gasteiger partial charge in [-0.3, -0.25) is 0 Å². The number of methoxy groups -OCH3 is 1. The molecule has 0 heterocycles. The fraction of sp³-hybridized carbons (Fsp3) is 0.455. The zero-order valence-electron chi connectivity index (χ0n) is 9.95. The van der Waals surface area contributed by atoms with E-state index in [1.807, 2.05) is 0 Å². The molecule has 0 radical (unpaired) electrons. The van der Waals surface area contributed by atoms with Gasteiger partial charge in [0.15, 0.2) is 0 Å². The van der Waals surface area contributed by atoms with E-state index < -0.39 is 20.7 Å². The van der Waals surface area contributed by atoms with Crippen LogP contribution in [0.25, 0.3) is 0 Å². The minimum atomic E-state index is -3.82. The first kappa shape index (κ1) is 15.4. The van der Waals surface area contributed by atoms with E-state index in [-0.39, 0.29) is 11.6 Å². The third-order valence-electron chi connectivity index (χ3n) is 2.25. The molecule has 102 valence electrons. The van der Waals surface area contributed by atoms with Crippen molar-refractivity contribution in [3.05, 3.63) is 29.0 Å². The van der Waals surface area contributed by atoms with Crippen LogP contribution in [0.5, 0.6) is 0 Å². The van der Waals surface area contributed by atoms with Crippen molar-refractivity contribution in [3.63, 3.8) is 0 Å². The van der Waals surface area contributed by atoms with Gasteiger partial charge >= 0.3 is 0 Å². The van der Waals surface area contributed by atoms with Crippen molar-refractivity contribution in [3.8, 4) is 0 Å². The van der Waals surface area contributed by atoms with E-state index in [9.17, 15) is 12.8 Å². The minimum absolute atomic E-state index is 0.159. The highest BCUT2D eigenvalue weighted by Crippen LogP contribution is 2.18. The zero-order chi connectivity index (χ0) is 13.6. The van der Waals surface area contributed by atoms with E-state index >= 15 is 0 Å². The van der Waals surface area contributed by atoms with Crippen LogP contribution in [-0.4, -0.2) is 28.7 Å². The van der Waals surface area contributed by atoms with Gasteiger partial charge in [0.1, 0.15) is 10.7 Å². The van der Waals surface area contributed by atoms with Crippen molar-refractivity contribution in [2.24, 2.45) is 0 Å². The zero-order valence-corrected chi connectivity index (χ0v) is 11.5. The van der Waals surface area contributed by atoms with Gasteiger partial charge in [0.2, 0.25) is 10.0 Å². The lowest BCUT2D eigenvalue weighted by atomic mass is 10.3. The fourth-order valence-electron chi connectivity index (χ4n) is 1.35. The molecule has 4 nitrogen and oxygen atoms in total. The molecule has 18 heavy (non-hydrogen) atoms. The molecule has 0 amide bonds. The summed E-state index contributed by atoms with van der Waals surface area (Å²) in [6, 6.07) is 3.46. The molecule has 7 heteroatoms. The number of benzene rings is 1. The topological polar surface area (TPSA) is 55.4 Å². The monoisotopic (exact) mass is 295 g/mol. The van der Waals surface area contributed by atoms with Crippen molar-refractivity contribution < 1.29 is 17.5 Å². The lowest BCUT2D eigenvalue weighted by molar-refractivity contribution is 0.193. The summed E-state index contributed by atoms with van der Waals surface area (Å²) >= 11 is 5.56. The number of halogens is 2. The Balaban J connectivity index is 2.63. The molecule has 0 atom stereocenters. The molecule has 0 saturated carbocycles. The van der Waals surface area contributed by atoms with Crippen LogP contribution in [-0.2, 0) is 14.8 Å². The van der Waals surface area contributed by atoms with E-state index in [4.69, 9.17) is 16.3 Å². The summed E-state index contributed by atoms with van der Waals surface area (Å²) in [4.78, 5) is -0.390. The van der Waals surface area contributed by atoms with Crippen LogP contribution in [0.15, 0.2) is 23.1 Å². The summed E-state index contributed by atoms with van der Waals surface area (Å²) in [5.74, 6) is -0.855. The summed E-state index contributed by atoms with van der Waals surface area (Å²) in [7, 11) is -2.24. The highest BCUT2D eigenvalue weighted by Gasteiger charge is 2.18. The molecule has 1 N–H and O–H groups in total. The van der Waals surface area contributed by atoms with Crippen molar-refractivity contribution in [1.29, 1.82) is 0 Å². The maximum Gasteiger partial charge on any atom is 0.243 e. The van der Waals surface area contributed by atoms with Crippen molar-refractivity contribution in [1.82, 2.24) is 4.72 Å². The molecule has 0 aliphatic carbocycles. The van der Waals surface area contributed by atoms with Crippen LogP contribution < -0.4 is 4.72 Å². The highest BCUT2D eigenvalue weighted by atomic mass is 35.5. The Hall–Kier alpha value is -0.690. The molecule has 0 bridgehead atoms. The van der Waals surface area contributed by atoms with Crippen molar-refractivity contribution in [2.45, 2.75) is 17.7 Å². The summed E-state index contributed by atoms with van der Waals surface area (Å²) in [6.45, 7) is 0.810. The number of unbranched alkanes of at least 4 members (excludes halogenated alkanes) is 1.